The SMILES string of the molecule is CC(C)NC(=O)C1=C(N2CCCC2)CC(C)(C)C1. The van der Waals surface area contributed by atoms with E-state index in [9.17, 15) is 4.79 Å². The van der Waals surface area contributed by atoms with Crippen LogP contribution >= 0.6 is 0 Å². The number of carbonyl (C=O) groups is 1. The summed E-state index contributed by atoms with van der Waals surface area (Å²) < 4.78 is 0. The van der Waals surface area contributed by atoms with Crippen LogP contribution in [0.5, 0.6) is 0 Å². The molecule has 1 N–H and O–H groups in total. The fourth-order valence-corrected chi connectivity index (χ4v) is 3.05. The van der Waals surface area contributed by atoms with E-state index in [-0.39, 0.29) is 17.4 Å². The van der Waals surface area contributed by atoms with E-state index in [0.717, 1.165) is 31.5 Å². The van der Waals surface area contributed by atoms with Crippen LogP contribution in [0.3, 0.4) is 0 Å². The molecule has 3 nitrogen and oxygen atoms in total. The number of hydrogen-bond donors (Lipinski definition) is 1. The third-order valence-electron chi connectivity index (χ3n) is 3.83. The first-order valence-corrected chi connectivity index (χ1v) is 7.17. The van der Waals surface area contributed by atoms with E-state index in [4.69, 9.17) is 0 Å². The third kappa shape index (κ3) is 2.88. The number of allylic oxidation sites excluding steroid dienone is 1. The highest BCUT2D eigenvalue weighted by atomic mass is 16.1. The van der Waals surface area contributed by atoms with Crippen LogP contribution in [0.15, 0.2) is 11.3 Å². The van der Waals surface area contributed by atoms with Crippen LogP contribution in [0.2, 0.25) is 0 Å². The molecule has 0 aromatic carbocycles. The molecular formula is C15H26N2O. The molecule has 1 aliphatic carbocycles. The Labute approximate surface area is 111 Å². The summed E-state index contributed by atoms with van der Waals surface area (Å²) in [6.07, 6.45) is 4.50. The first-order valence-electron chi connectivity index (χ1n) is 7.17. The molecule has 0 atom stereocenters. The molecule has 0 spiro atoms. The predicted octanol–water partition coefficient (Wildman–Crippen LogP) is 2.68. The van der Waals surface area contributed by atoms with Gasteiger partial charge in [-0.05, 0) is 44.9 Å². The van der Waals surface area contributed by atoms with Crippen molar-refractivity contribution in [3.05, 3.63) is 11.3 Å². The zero-order valence-corrected chi connectivity index (χ0v) is 12.2. The molecule has 0 unspecified atom stereocenters. The van der Waals surface area contributed by atoms with E-state index in [1.165, 1.54) is 18.5 Å². The Balaban J connectivity index is 2.19. The van der Waals surface area contributed by atoms with Crippen molar-refractivity contribution in [2.75, 3.05) is 13.1 Å². The van der Waals surface area contributed by atoms with E-state index in [1.807, 2.05) is 13.8 Å². The van der Waals surface area contributed by atoms with Crippen LogP contribution in [0.4, 0.5) is 0 Å². The quantitative estimate of drug-likeness (QED) is 0.835. The van der Waals surface area contributed by atoms with Crippen molar-refractivity contribution >= 4 is 5.91 Å². The molecule has 2 aliphatic rings. The Morgan fingerprint density at radius 2 is 1.83 bits per heavy atom. The minimum absolute atomic E-state index is 0.150. The van der Waals surface area contributed by atoms with E-state index >= 15 is 0 Å². The second kappa shape index (κ2) is 4.94. The molecule has 0 bridgehead atoms. The van der Waals surface area contributed by atoms with E-state index in [1.54, 1.807) is 0 Å². The minimum atomic E-state index is 0.150. The molecule has 1 amide bonds. The molecule has 0 aromatic heterocycles. The molecule has 1 aliphatic heterocycles. The number of nitrogens with zero attached hydrogens (tertiary/aromatic N) is 1. The Hall–Kier alpha value is -0.990. The van der Waals surface area contributed by atoms with Gasteiger partial charge in [-0.3, -0.25) is 4.79 Å². The summed E-state index contributed by atoms with van der Waals surface area (Å²) in [5.74, 6) is 0.150. The summed E-state index contributed by atoms with van der Waals surface area (Å²) in [7, 11) is 0. The zero-order valence-electron chi connectivity index (χ0n) is 12.2. The maximum atomic E-state index is 12.3. The van der Waals surface area contributed by atoms with Crippen molar-refractivity contribution in [3.63, 3.8) is 0 Å². The molecule has 0 saturated carbocycles. The van der Waals surface area contributed by atoms with E-state index in [0.29, 0.717) is 0 Å². The maximum absolute atomic E-state index is 12.3. The standard InChI is InChI=1S/C15H26N2O/c1-11(2)16-14(18)12-9-15(3,4)10-13(12)17-7-5-6-8-17/h11H,5-10H2,1-4H3,(H,16,18). The molecule has 2 rings (SSSR count). The number of amides is 1. The first kappa shape index (κ1) is 13.4. The second-order valence-corrected chi connectivity index (χ2v) is 6.77. The van der Waals surface area contributed by atoms with Gasteiger partial charge in [0.2, 0.25) is 5.91 Å². The average Bonchev–Trinajstić information content (AvgIpc) is 2.83. The zero-order chi connectivity index (χ0) is 13.3. The second-order valence-electron chi connectivity index (χ2n) is 6.77. The lowest BCUT2D eigenvalue weighted by atomic mass is 9.89. The maximum Gasteiger partial charge on any atom is 0.249 e. The van der Waals surface area contributed by atoms with Gasteiger partial charge in [0.1, 0.15) is 0 Å². The molecule has 1 saturated heterocycles. The van der Waals surface area contributed by atoms with Gasteiger partial charge >= 0.3 is 0 Å². The van der Waals surface area contributed by atoms with Gasteiger partial charge in [0, 0.05) is 30.4 Å². The smallest absolute Gasteiger partial charge is 0.249 e. The summed E-state index contributed by atoms with van der Waals surface area (Å²) in [6.45, 7) is 10.8. The highest BCUT2D eigenvalue weighted by Crippen LogP contribution is 2.43. The Morgan fingerprint density at radius 3 is 2.39 bits per heavy atom. The molecule has 18 heavy (non-hydrogen) atoms. The van der Waals surface area contributed by atoms with E-state index < -0.39 is 0 Å². The molecule has 0 radical (unpaired) electrons. The summed E-state index contributed by atoms with van der Waals surface area (Å²) in [5.41, 5.74) is 2.59. The van der Waals surface area contributed by atoms with Crippen LogP contribution in [-0.4, -0.2) is 29.9 Å². The largest absolute Gasteiger partial charge is 0.374 e. The van der Waals surface area contributed by atoms with Gasteiger partial charge in [-0.2, -0.15) is 0 Å². The van der Waals surface area contributed by atoms with Gasteiger partial charge < -0.3 is 10.2 Å². The van der Waals surface area contributed by atoms with Gasteiger partial charge in [-0.15, -0.1) is 0 Å². The van der Waals surface area contributed by atoms with Crippen molar-refractivity contribution < 1.29 is 4.79 Å². The highest BCUT2D eigenvalue weighted by molar-refractivity contribution is 5.95. The fraction of sp³-hybridized carbons (Fsp3) is 0.800. The minimum Gasteiger partial charge on any atom is -0.374 e. The lowest BCUT2D eigenvalue weighted by Crippen LogP contribution is -2.33. The monoisotopic (exact) mass is 250 g/mol. The number of hydrogen-bond acceptors (Lipinski definition) is 2. The average molecular weight is 250 g/mol. The van der Waals surface area contributed by atoms with Gasteiger partial charge in [-0.25, -0.2) is 0 Å². The van der Waals surface area contributed by atoms with Crippen LogP contribution in [0.1, 0.15) is 53.4 Å². The van der Waals surface area contributed by atoms with Crippen molar-refractivity contribution in [2.24, 2.45) is 5.41 Å². The van der Waals surface area contributed by atoms with Gasteiger partial charge in [0.05, 0.1) is 0 Å². The number of carbonyl (C=O) groups excluding carboxylic acids is 1. The Kier molecular flexibility index (Phi) is 3.69. The fourth-order valence-electron chi connectivity index (χ4n) is 3.05. The van der Waals surface area contributed by atoms with Crippen LogP contribution in [-0.2, 0) is 4.79 Å². The lowest BCUT2D eigenvalue weighted by Gasteiger charge is -2.23. The number of rotatable bonds is 3. The normalized spacial score (nSPS) is 23.1. The molecule has 1 fully saturated rings. The molecular weight excluding hydrogens is 224 g/mol. The summed E-state index contributed by atoms with van der Waals surface area (Å²) in [5, 5.41) is 3.05. The summed E-state index contributed by atoms with van der Waals surface area (Å²) in [4.78, 5) is 14.7. The van der Waals surface area contributed by atoms with Gasteiger partial charge in [0.25, 0.3) is 0 Å². The van der Waals surface area contributed by atoms with Crippen molar-refractivity contribution in [2.45, 2.75) is 59.4 Å². The molecule has 102 valence electrons. The topological polar surface area (TPSA) is 32.3 Å². The van der Waals surface area contributed by atoms with Crippen LogP contribution < -0.4 is 5.32 Å². The number of nitrogens with one attached hydrogen (secondary N) is 1. The number of likely N-dealkylation sites (tertiary alicyclic amines) is 1. The van der Waals surface area contributed by atoms with Gasteiger partial charge in [0.15, 0.2) is 0 Å². The van der Waals surface area contributed by atoms with Crippen LogP contribution in [0.25, 0.3) is 0 Å². The predicted molar refractivity (Wildman–Crippen MR) is 74.1 cm³/mol. The first-order chi connectivity index (χ1) is 8.39. The summed E-state index contributed by atoms with van der Waals surface area (Å²) in [6, 6.07) is 0.216. The molecule has 1 heterocycles. The van der Waals surface area contributed by atoms with Gasteiger partial charge in [-0.1, -0.05) is 13.8 Å². The highest BCUT2D eigenvalue weighted by Gasteiger charge is 2.36. The molecule has 3 heteroatoms. The summed E-state index contributed by atoms with van der Waals surface area (Å²) >= 11 is 0. The Morgan fingerprint density at radius 1 is 1.22 bits per heavy atom. The van der Waals surface area contributed by atoms with Crippen LogP contribution in [0, 0.1) is 5.41 Å². The van der Waals surface area contributed by atoms with Crippen molar-refractivity contribution in [3.8, 4) is 0 Å². The Bertz CT molecular complexity index is 363. The lowest BCUT2D eigenvalue weighted by molar-refractivity contribution is -0.118. The third-order valence-corrected chi connectivity index (χ3v) is 3.83. The van der Waals surface area contributed by atoms with E-state index in [2.05, 4.69) is 24.1 Å². The van der Waals surface area contributed by atoms with Crippen molar-refractivity contribution in [1.29, 1.82) is 0 Å². The molecule has 0 aromatic rings. The van der Waals surface area contributed by atoms with Crippen molar-refractivity contribution in [1.82, 2.24) is 10.2 Å².